The Morgan fingerprint density at radius 1 is 1.26 bits per heavy atom. The first-order chi connectivity index (χ1) is 10.5. The van der Waals surface area contributed by atoms with Gasteiger partial charge in [0.25, 0.3) is 0 Å². The van der Waals surface area contributed by atoms with Gasteiger partial charge in [0.05, 0.1) is 12.2 Å². The monoisotopic (exact) mass is 324 g/mol. The molecule has 0 aromatic heterocycles. The molecule has 3 N–H and O–H groups in total. The zero-order chi connectivity index (χ0) is 17.5. The first kappa shape index (κ1) is 19.0. The minimum Gasteiger partial charge on any atom is -0.394 e. The van der Waals surface area contributed by atoms with Gasteiger partial charge in [0.2, 0.25) is 0 Å². The van der Waals surface area contributed by atoms with E-state index in [2.05, 4.69) is 27.7 Å². The largest absolute Gasteiger partial charge is 0.394 e. The molecule has 0 aliphatic heterocycles. The Morgan fingerprint density at radius 2 is 1.91 bits per heavy atom. The summed E-state index contributed by atoms with van der Waals surface area (Å²) < 4.78 is 0. The van der Waals surface area contributed by atoms with E-state index in [1.54, 1.807) is 6.92 Å². The molecule has 1 saturated carbocycles. The molecular formula is C20H36O3. The Bertz CT molecular complexity index is 464. The molecule has 0 heterocycles. The van der Waals surface area contributed by atoms with Crippen LogP contribution in [0.25, 0.3) is 0 Å². The number of hydrogen-bond acceptors (Lipinski definition) is 3. The highest BCUT2D eigenvalue weighted by atomic mass is 16.4. The van der Waals surface area contributed by atoms with E-state index in [4.69, 9.17) is 5.11 Å². The molecule has 134 valence electrons. The van der Waals surface area contributed by atoms with E-state index in [1.807, 2.05) is 0 Å². The van der Waals surface area contributed by atoms with Crippen molar-refractivity contribution in [3.05, 3.63) is 11.1 Å². The second kappa shape index (κ2) is 6.50. The molecule has 2 aliphatic rings. The van der Waals surface area contributed by atoms with Gasteiger partial charge in [-0.15, -0.1) is 0 Å². The van der Waals surface area contributed by atoms with E-state index >= 15 is 0 Å². The minimum atomic E-state index is -1.23. The average Bonchev–Trinajstić information content (AvgIpc) is 2.44. The molecule has 0 spiro atoms. The van der Waals surface area contributed by atoms with Crippen LogP contribution in [0.5, 0.6) is 0 Å². The van der Waals surface area contributed by atoms with Crippen LogP contribution in [0.1, 0.15) is 79.6 Å². The van der Waals surface area contributed by atoms with Crippen LogP contribution < -0.4 is 0 Å². The number of hydrogen-bond donors (Lipinski definition) is 3. The van der Waals surface area contributed by atoms with Crippen LogP contribution in [-0.2, 0) is 0 Å². The van der Waals surface area contributed by atoms with Gasteiger partial charge in [-0.2, -0.15) is 0 Å². The molecular weight excluding hydrogens is 288 g/mol. The van der Waals surface area contributed by atoms with Crippen LogP contribution in [0.4, 0.5) is 0 Å². The molecule has 0 radical (unpaired) electrons. The molecule has 4 atom stereocenters. The fourth-order valence-electron chi connectivity index (χ4n) is 5.43. The SMILES string of the molecule is CC1=C(CC[C@@](C)(O)[C@H](O)CO)[C@@]2(C)CCCC(C)(C)[C@H]2CC1. The first-order valence-electron chi connectivity index (χ1n) is 9.25. The lowest BCUT2D eigenvalue weighted by molar-refractivity contribution is -0.0884. The molecule has 0 amide bonds. The van der Waals surface area contributed by atoms with Gasteiger partial charge in [0, 0.05) is 0 Å². The normalized spacial score (nSPS) is 34.7. The van der Waals surface area contributed by atoms with Crippen molar-refractivity contribution in [3.8, 4) is 0 Å². The van der Waals surface area contributed by atoms with E-state index < -0.39 is 18.3 Å². The summed E-state index contributed by atoms with van der Waals surface area (Å²) in [5.74, 6) is 0.704. The molecule has 0 aromatic rings. The third kappa shape index (κ3) is 3.52. The Labute approximate surface area is 141 Å². The van der Waals surface area contributed by atoms with Crippen molar-refractivity contribution in [1.82, 2.24) is 0 Å². The van der Waals surface area contributed by atoms with Gasteiger partial charge >= 0.3 is 0 Å². The highest BCUT2D eigenvalue weighted by Crippen LogP contribution is 2.60. The highest BCUT2D eigenvalue weighted by Gasteiger charge is 2.50. The summed E-state index contributed by atoms with van der Waals surface area (Å²) in [6.07, 6.45) is 6.49. The lowest BCUT2D eigenvalue weighted by Gasteiger charge is -2.55. The molecule has 0 saturated heterocycles. The molecule has 0 unspecified atom stereocenters. The first-order valence-corrected chi connectivity index (χ1v) is 9.25. The van der Waals surface area contributed by atoms with E-state index in [1.165, 1.54) is 36.8 Å². The Balaban J connectivity index is 2.22. The summed E-state index contributed by atoms with van der Waals surface area (Å²) in [6, 6.07) is 0. The molecule has 3 heteroatoms. The summed E-state index contributed by atoms with van der Waals surface area (Å²) in [7, 11) is 0. The van der Waals surface area contributed by atoms with Gasteiger partial charge in [0.1, 0.15) is 6.10 Å². The van der Waals surface area contributed by atoms with E-state index in [-0.39, 0.29) is 5.41 Å². The van der Waals surface area contributed by atoms with Gasteiger partial charge < -0.3 is 15.3 Å². The van der Waals surface area contributed by atoms with Crippen molar-refractivity contribution < 1.29 is 15.3 Å². The summed E-state index contributed by atoms with van der Waals surface area (Å²) in [5, 5.41) is 29.4. The maximum Gasteiger partial charge on any atom is 0.105 e. The molecule has 0 bridgehead atoms. The second-order valence-electron chi connectivity index (χ2n) is 9.17. The number of aliphatic hydroxyl groups is 3. The Kier molecular flexibility index (Phi) is 5.35. The molecule has 2 aliphatic carbocycles. The van der Waals surface area contributed by atoms with Crippen molar-refractivity contribution in [2.45, 2.75) is 91.3 Å². The summed E-state index contributed by atoms with van der Waals surface area (Å²) in [6.45, 7) is 10.7. The van der Waals surface area contributed by atoms with Crippen LogP contribution >= 0.6 is 0 Å². The molecule has 1 fully saturated rings. The van der Waals surface area contributed by atoms with Crippen LogP contribution in [0.3, 0.4) is 0 Å². The number of allylic oxidation sites excluding steroid dienone is 2. The third-order valence-corrected chi connectivity index (χ3v) is 7.01. The van der Waals surface area contributed by atoms with Crippen LogP contribution in [0.15, 0.2) is 11.1 Å². The van der Waals surface area contributed by atoms with Gasteiger partial charge in [-0.3, -0.25) is 0 Å². The van der Waals surface area contributed by atoms with Crippen LogP contribution in [0, 0.1) is 16.7 Å². The summed E-state index contributed by atoms with van der Waals surface area (Å²) in [5.41, 5.74) is 2.37. The fourth-order valence-corrected chi connectivity index (χ4v) is 5.43. The maximum atomic E-state index is 10.4. The zero-order valence-electron chi connectivity index (χ0n) is 15.7. The summed E-state index contributed by atoms with van der Waals surface area (Å²) >= 11 is 0. The van der Waals surface area contributed by atoms with E-state index in [9.17, 15) is 10.2 Å². The molecule has 23 heavy (non-hydrogen) atoms. The molecule has 0 aromatic carbocycles. The van der Waals surface area contributed by atoms with Crippen molar-refractivity contribution in [1.29, 1.82) is 0 Å². The summed E-state index contributed by atoms with van der Waals surface area (Å²) in [4.78, 5) is 0. The minimum absolute atomic E-state index is 0.227. The number of rotatable bonds is 5. The average molecular weight is 325 g/mol. The van der Waals surface area contributed by atoms with E-state index in [0.29, 0.717) is 17.8 Å². The number of fused-ring (bicyclic) bond motifs is 1. The van der Waals surface area contributed by atoms with Crippen molar-refractivity contribution in [2.75, 3.05) is 6.61 Å². The van der Waals surface area contributed by atoms with Crippen molar-refractivity contribution in [2.24, 2.45) is 16.7 Å². The zero-order valence-corrected chi connectivity index (χ0v) is 15.7. The second-order valence-corrected chi connectivity index (χ2v) is 9.17. The van der Waals surface area contributed by atoms with Crippen molar-refractivity contribution in [3.63, 3.8) is 0 Å². The van der Waals surface area contributed by atoms with Crippen LogP contribution in [0.2, 0.25) is 0 Å². The van der Waals surface area contributed by atoms with Gasteiger partial charge in [-0.1, -0.05) is 38.3 Å². The van der Waals surface area contributed by atoms with Crippen LogP contribution in [-0.4, -0.2) is 33.6 Å². The lowest BCUT2D eigenvalue weighted by atomic mass is 9.50. The molecule has 2 rings (SSSR count). The van der Waals surface area contributed by atoms with Gasteiger partial charge in [-0.05, 0) is 69.1 Å². The Hall–Kier alpha value is -0.380. The lowest BCUT2D eigenvalue weighted by Crippen LogP contribution is -2.46. The van der Waals surface area contributed by atoms with E-state index in [0.717, 1.165) is 12.8 Å². The highest BCUT2D eigenvalue weighted by molar-refractivity contribution is 5.27. The molecule has 3 nitrogen and oxygen atoms in total. The maximum absolute atomic E-state index is 10.4. The smallest absolute Gasteiger partial charge is 0.105 e. The van der Waals surface area contributed by atoms with Crippen molar-refractivity contribution >= 4 is 0 Å². The fraction of sp³-hybridized carbons (Fsp3) is 0.900. The standard InChI is InChI=1S/C20H36O3/c1-14-7-8-16-18(2,3)10-6-11-19(16,4)15(14)9-12-20(5,23)17(22)13-21/h16-17,21-23H,6-13H2,1-5H3/t16-,17-,19-,20-/m1/s1. The number of aliphatic hydroxyl groups excluding tert-OH is 2. The third-order valence-electron chi connectivity index (χ3n) is 7.01. The quantitative estimate of drug-likeness (QED) is 0.674. The predicted octanol–water partition coefficient (Wildman–Crippen LogP) is 3.81. The van der Waals surface area contributed by atoms with Gasteiger partial charge in [-0.25, -0.2) is 0 Å². The Morgan fingerprint density at radius 3 is 2.52 bits per heavy atom. The van der Waals surface area contributed by atoms with Gasteiger partial charge in [0.15, 0.2) is 0 Å². The topological polar surface area (TPSA) is 60.7 Å². The predicted molar refractivity (Wildman–Crippen MR) is 94.1 cm³/mol.